The number of benzene rings is 3. The molecule has 3 unspecified atom stereocenters. The average molecular weight is 482 g/mol. The Kier molecular flexibility index (Phi) is 7.08. The van der Waals surface area contributed by atoms with Gasteiger partial charge >= 0.3 is 0 Å². The predicted molar refractivity (Wildman–Crippen MR) is 145 cm³/mol. The molecule has 5 nitrogen and oxygen atoms in total. The van der Waals surface area contributed by atoms with Crippen molar-refractivity contribution in [3.05, 3.63) is 95.6 Å². The molecule has 0 aromatic heterocycles. The van der Waals surface area contributed by atoms with Crippen molar-refractivity contribution in [1.82, 2.24) is 4.90 Å². The highest BCUT2D eigenvalue weighted by molar-refractivity contribution is 5.98. The van der Waals surface area contributed by atoms with E-state index in [4.69, 9.17) is 0 Å². The largest absolute Gasteiger partial charge is 0.369 e. The number of aryl methyl sites for hydroxylation is 1. The fraction of sp³-hybridized carbons (Fsp3) is 0.355. The molecule has 36 heavy (non-hydrogen) atoms. The molecule has 2 fully saturated rings. The van der Waals surface area contributed by atoms with Crippen molar-refractivity contribution in [2.75, 3.05) is 23.3 Å². The van der Waals surface area contributed by atoms with E-state index < -0.39 is 0 Å². The number of piperidine rings is 1. The normalized spacial score (nSPS) is 21.9. The van der Waals surface area contributed by atoms with Gasteiger partial charge in [0.1, 0.15) is 0 Å². The fourth-order valence-electron chi connectivity index (χ4n) is 5.84. The van der Waals surface area contributed by atoms with Gasteiger partial charge in [-0.1, -0.05) is 54.6 Å². The minimum atomic E-state index is -0.330. The van der Waals surface area contributed by atoms with E-state index in [1.165, 1.54) is 12.8 Å². The second-order valence-electron chi connectivity index (χ2n) is 10.1. The molecule has 3 aromatic carbocycles. The minimum absolute atomic E-state index is 0.00975. The Morgan fingerprint density at radius 3 is 2.36 bits per heavy atom. The number of anilines is 2. The highest BCUT2D eigenvalue weighted by atomic mass is 16.2. The molecule has 0 spiro atoms. The molecule has 2 saturated heterocycles. The van der Waals surface area contributed by atoms with Gasteiger partial charge in [0.25, 0.3) is 5.91 Å². The van der Waals surface area contributed by atoms with Gasteiger partial charge in [-0.25, -0.2) is 0 Å². The molecular weight excluding hydrogens is 446 g/mol. The van der Waals surface area contributed by atoms with Crippen molar-refractivity contribution in [3.8, 4) is 0 Å². The van der Waals surface area contributed by atoms with Crippen LogP contribution in [0.2, 0.25) is 0 Å². The number of amides is 2. The van der Waals surface area contributed by atoms with Gasteiger partial charge in [-0.05, 0) is 74.9 Å². The Labute approximate surface area is 214 Å². The van der Waals surface area contributed by atoms with Crippen LogP contribution in [0.15, 0.2) is 78.9 Å². The summed E-state index contributed by atoms with van der Waals surface area (Å²) in [6.45, 7) is 5.91. The van der Waals surface area contributed by atoms with Crippen LogP contribution in [0, 0.1) is 12.8 Å². The maximum atomic E-state index is 13.8. The van der Waals surface area contributed by atoms with Gasteiger partial charge in [0.2, 0.25) is 5.91 Å². The molecule has 0 aliphatic carbocycles. The molecular formula is C31H35N3O2. The molecule has 0 bridgehead atoms. The Bertz CT molecular complexity index is 1230. The summed E-state index contributed by atoms with van der Waals surface area (Å²) in [4.78, 5) is 31.8. The lowest BCUT2D eigenvalue weighted by Gasteiger charge is -2.41. The van der Waals surface area contributed by atoms with E-state index in [0.29, 0.717) is 18.2 Å². The molecule has 2 aliphatic heterocycles. The highest BCUT2D eigenvalue weighted by Crippen LogP contribution is 2.38. The van der Waals surface area contributed by atoms with E-state index in [-0.39, 0.29) is 23.8 Å². The summed E-state index contributed by atoms with van der Waals surface area (Å²) in [5, 5.41) is 3.20. The van der Waals surface area contributed by atoms with Gasteiger partial charge < -0.3 is 15.1 Å². The van der Waals surface area contributed by atoms with Crippen LogP contribution in [0.4, 0.5) is 11.4 Å². The van der Waals surface area contributed by atoms with Crippen molar-refractivity contribution >= 4 is 23.2 Å². The molecule has 1 N–H and O–H groups in total. The lowest BCUT2D eigenvalue weighted by Crippen LogP contribution is -2.46. The summed E-state index contributed by atoms with van der Waals surface area (Å²) >= 11 is 0. The zero-order valence-electron chi connectivity index (χ0n) is 21.2. The third-order valence-corrected chi connectivity index (χ3v) is 7.74. The summed E-state index contributed by atoms with van der Waals surface area (Å²) in [5.74, 6) is -0.370. The Morgan fingerprint density at radius 2 is 1.61 bits per heavy atom. The van der Waals surface area contributed by atoms with Crippen molar-refractivity contribution in [2.24, 2.45) is 5.92 Å². The molecule has 2 amide bonds. The number of hydrogen-bond donors (Lipinski definition) is 1. The van der Waals surface area contributed by atoms with Crippen molar-refractivity contribution < 1.29 is 9.59 Å². The van der Waals surface area contributed by atoms with E-state index in [9.17, 15) is 9.59 Å². The minimum Gasteiger partial charge on any atom is -0.369 e. The van der Waals surface area contributed by atoms with E-state index in [1.54, 1.807) is 0 Å². The van der Waals surface area contributed by atoms with Gasteiger partial charge in [0.05, 0.1) is 12.0 Å². The molecule has 2 aliphatic rings. The summed E-state index contributed by atoms with van der Waals surface area (Å²) < 4.78 is 0. The van der Waals surface area contributed by atoms with E-state index in [2.05, 4.69) is 29.3 Å². The first kappa shape index (κ1) is 24.1. The molecule has 3 atom stereocenters. The van der Waals surface area contributed by atoms with Crippen LogP contribution in [0.1, 0.15) is 60.1 Å². The second-order valence-corrected chi connectivity index (χ2v) is 10.1. The number of likely N-dealkylation sites (tertiary alicyclic amines) is 1. The van der Waals surface area contributed by atoms with Gasteiger partial charge in [0, 0.05) is 36.1 Å². The molecule has 2 heterocycles. The molecule has 5 heteroatoms. The fourth-order valence-corrected chi connectivity index (χ4v) is 5.84. The van der Waals surface area contributed by atoms with Crippen LogP contribution in [-0.4, -0.2) is 35.8 Å². The van der Waals surface area contributed by atoms with Gasteiger partial charge in [-0.3, -0.25) is 9.59 Å². The number of nitrogens with zero attached hydrogens (tertiary/aromatic N) is 2. The molecule has 3 aromatic rings. The predicted octanol–water partition coefficient (Wildman–Crippen LogP) is 6.22. The quantitative estimate of drug-likeness (QED) is 0.471. The topological polar surface area (TPSA) is 52.7 Å². The van der Waals surface area contributed by atoms with Crippen LogP contribution in [0.5, 0.6) is 0 Å². The SMILES string of the molecule is Cc1ccccc1C(=O)N1CCCC(C(=O)Nc2cccc(N3CCCC3C)c2)C1c1ccccc1. The van der Waals surface area contributed by atoms with Crippen molar-refractivity contribution in [2.45, 2.75) is 51.6 Å². The van der Waals surface area contributed by atoms with E-state index in [0.717, 1.165) is 41.9 Å². The van der Waals surface area contributed by atoms with Gasteiger partial charge in [-0.15, -0.1) is 0 Å². The first-order valence-electron chi connectivity index (χ1n) is 13.1. The number of nitrogens with one attached hydrogen (secondary N) is 1. The van der Waals surface area contributed by atoms with Gasteiger partial charge in [-0.2, -0.15) is 0 Å². The first-order chi connectivity index (χ1) is 17.5. The Hall–Kier alpha value is -3.60. The number of carbonyl (C=O) groups is 2. The van der Waals surface area contributed by atoms with Crippen molar-refractivity contribution in [1.29, 1.82) is 0 Å². The van der Waals surface area contributed by atoms with Crippen molar-refractivity contribution in [3.63, 3.8) is 0 Å². The number of carbonyl (C=O) groups excluding carboxylic acids is 2. The summed E-state index contributed by atoms with van der Waals surface area (Å²) in [6, 6.07) is 26.1. The average Bonchev–Trinajstić information content (AvgIpc) is 3.34. The van der Waals surface area contributed by atoms with Crippen LogP contribution < -0.4 is 10.2 Å². The van der Waals surface area contributed by atoms with Crippen LogP contribution in [0.3, 0.4) is 0 Å². The maximum absolute atomic E-state index is 13.8. The molecule has 0 saturated carbocycles. The zero-order valence-corrected chi connectivity index (χ0v) is 21.2. The summed E-state index contributed by atoms with van der Waals surface area (Å²) in [7, 11) is 0. The zero-order chi connectivity index (χ0) is 25.1. The van der Waals surface area contributed by atoms with Crippen LogP contribution in [-0.2, 0) is 4.79 Å². The highest BCUT2D eigenvalue weighted by Gasteiger charge is 2.40. The first-order valence-corrected chi connectivity index (χ1v) is 13.1. The lowest BCUT2D eigenvalue weighted by molar-refractivity contribution is -0.123. The Morgan fingerprint density at radius 1 is 0.861 bits per heavy atom. The smallest absolute Gasteiger partial charge is 0.254 e. The van der Waals surface area contributed by atoms with E-state index in [1.807, 2.05) is 78.6 Å². The monoisotopic (exact) mass is 481 g/mol. The number of rotatable bonds is 5. The third-order valence-electron chi connectivity index (χ3n) is 7.74. The van der Waals surface area contributed by atoms with Crippen LogP contribution in [0.25, 0.3) is 0 Å². The molecule has 186 valence electrons. The molecule has 5 rings (SSSR count). The van der Waals surface area contributed by atoms with E-state index >= 15 is 0 Å². The second kappa shape index (κ2) is 10.6. The lowest BCUT2D eigenvalue weighted by atomic mass is 9.83. The maximum Gasteiger partial charge on any atom is 0.254 e. The summed E-state index contributed by atoms with van der Waals surface area (Å²) in [6.07, 6.45) is 3.93. The summed E-state index contributed by atoms with van der Waals surface area (Å²) in [5.41, 5.74) is 4.61. The standard InChI is InChI=1S/C31H35N3O2/c1-22-11-6-7-17-27(22)31(36)34-20-10-18-28(29(34)24-13-4-3-5-14-24)30(35)32-25-15-8-16-26(21-25)33-19-9-12-23(33)2/h3-8,11,13-17,21,23,28-29H,9-10,12,18-20H2,1-2H3,(H,32,35). The number of hydrogen-bond acceptors (Lipinski definition) is 3. The Balaban J connectivity index is 1.43. The van der Waals surface area contributed by atoms with Crippen LogP contribution >= 0.6 is 0 Å². The third kappa shape index (κ3) is 4.88. The van der Waals surface area contributed by atoms with Gasteiger partial charge in [0.15, 0.2) is 0 Å². The molecule has 0 radical (unpaired) electrons.